The first-order chi connectivity index (χ1) is 19.3. The van der Waals surface area contributed by atoms with Crippen molar-refractivity contribution in [2.45, 2.75) is 43.2 Å². The molecule has 2 atom stereocenters. The number of ether oxygens (including phenoxy) is 2. The van der Waals surface area contributed by atoms with E-state index in [2.05, 4.69) is 19.2 Å². The number of likely N-dealkylation sites (N-methyl/N-ethyl adjacent to an activating group) is 1. The zero-order valence-corrected chi connectivity index (χ0v) is 25.4. The highest BCUT2D eigenvalue weighted by Crippen LogP contribution is 2.40. The van der Waals surface area contributed by atoms with Gasteiger partial charge in [0.1, 0.15) is 22.3 Å². The molecule has 0 aliphatic heterocycles. The van der Waals surface area contributed by atoms with Crippen molar-refractivity contribution >= 4 is 40.9 Å². The molecule has 2 amide bonds. The lowest BCUT2D eigenvalue weighted by molar-refractivity contribution is -0.127. The molecule has 0 spiro atoms. The van der Waals surface area contributed by atoms with Crippen LogP contribution in [0.1, 0.15) is 31.4 Å². The molecule has 0 saturated heterocycles. The van der Waals surface area contributed by atoms with Gasteiger partial charge in [-0.25, -0.2) is 0 Å². The monoisotopic (exact) mass is 582 g/mol. The Morgan fingerprint density at radius 2 is 1.45 bits per heavy atom. The van der Waals surface area contributed by atoms with Gasteiger partial charge >= 0.3 is 0 Å². The van der Waals surface area contributed by atoms with E-state index < -0.39 is 10.8 Å². The molecule has 6 nitrogen and oxygen atoms in total. The van der Waals surface area contributed by atoms with Crippen LogP contribution in [0.25, 0.3) is 0 Å². The van der Waals surface area contributed by atoms with Gasteiger partial charge in [-0.1, -0.05) is 56.3 Å². The van der Waals surface area contributed by atoms with E-state index in [9.17, 15) is 9.59 Å². The van der Waals surface area contributed by atoms with Crippen molar-refractivity contribution in [3.05, 3.63) is 90.0 Å². The SMILES string of the molecule is CNC(=O)[C@H](Cc1ccc(OC)cc1)N(C(=O)C(CCl)(CC(C)C)SCc1ccc(OC)cc1)c1ccccc1. The third-order valence-electron chi connectivity index (χ3n) is 6.72. The normalized spacial score (nSPS) is 13.3. The molecular weight excluding hydrogens is 544 g/mol. The molecule has 3 aromatic carbocycles. The number of alkyl halides is 1. The minimum absolute atomic E-state index is 0.108. The quantitative estimate of drug-likeness (QED) is 0.224. The number of halogens is 1. The van der Waals surface area contributed by atoms with E-state index in [-0.39, 0.29) is 23.6 Å². The summed E-state index contributed by atoms with van der Waals surface area (Å²) in [7, 11) is 4.84. The van der Waals surface area contributed by atoms with E-state index in [4.69, 9.17) is 21.1 Å². The Labute approximate surface area is 247 Å². The van der Waals surface area contributed by atoms with Crippen LogP contribution in [0.3, 0.4) is 0 Å². The second kappa shape index (κ2) is 15.0. The van der Waals surface area contributed by atoms with Crippen LogP contribution in [0.15, 0.2) is 78.9 Å². The molecule has 0 bridgehead atoms. The Kier molecular flexibility index (Phi) is 11.8. The molecule has 1 unspecified atom stereocenters. The summed E-state index contributed by atoms with van der Waals surface area (Å²) in [6.07, 6.45) is 0.885. The van der Waals surface area contributed by atoms with Crippen LogP contribution in [0, 0.1) is 5.92 Å². The predicted octanol–water partition coefficient (Wildman–Crippen LogP) is 6.35. The van der Waals surface area contributed by atoms with Crippen molar-refractivity contribution in [2.75, 3.05) is 32.0 Å². The third-order valence-corrected chi connectivity index (χ3v) is 8.85. The Balaban J connectivity index is 2.06. The fraction of sp³-hybridized carbons (Fsp3) is 0.375. The number of hydrogen-bond donors (Lipinski definition) is 1. The van der Waals surface area contributed by atoms with Crippen molar-refractivity contribution < 1.29 is 19.1 Å². The van der Waals surface area contributed by atoms with E-state index in [0.717, 1.165) is 22.6 Å². The maximum absolute atomic E-state index is 14.8. The first kappa shape index (κ1) is 31.4. The maximum Gasteiger partial charge on any atom is 0.245 e. The highest BCUT2D eigenvalue weighted by atomic mass is 35.5. The van der Waals surface area contributed by atoms with E-state index in [0.29, 0.717) is 24.3 Å². The second-order valence-electron chi connectivity index (χ2n) is 10.1. The molecule has 40 heavy (non-hydrogen) atoms. The third kappa shape index (κ3) is 7.95. The molecule has 0 aliphatic rings. The Morgan fingerprint density at radius 1 is 0.900 bits per heavy atom. The first-order valence-electron chi connectivity index (χ1n) is 13.3. The summed E-state index contributed by atoms with van der Waals surface area (Å²) in [6, 6.07) is 24.0. The number of amides is 2. The number of anilines is 1. The van der Waals surface area contributed by atoms with Gasteiger partial charge in [-0.3, -0.25) is 14.5 Å². The first-order valence-corrected chi connectivity index (χ1v) is 14.8. The van der Waals surface area contributed by atoms with Gasteiger partial charge in [0.15, 0.2) is 0 Å². The highest BCUT2D eigenvalue weighted by molar-refractivity contribution is 8.00. The van der Waals surface area contributed by atoms with Crippen molar-refractivity contribution in [1.82, 2.24) is 5.32 Å². The lowest BCUT2D eigenvalue weighted by atomic mass is 9.94. The molecule has 0 radical (unpaired) electrons. The topological polar surface area (TPSA) is 67.9 Å². The number of benzene rings is 3. The zero-order valence-electron chi connectivity index (χ0n) is 23.9. The molecule has 3 rings (SSSR count). The van der Waals surface area contributed by atoms with Crippen molar-refractivity contribution in [1.29, 1.82) is 0 Å². The van der Waals surface area contributed by atoms with Crippen molar-refractivity contribution in [3.63, 3.8) is 0 Å². The summed E-state index contributed by atoms with van der Waals surface area (Å²) in [5.74, 6) is 1.97. The molecule has 0 saturated carbocycles. The van der Waals surface area contributed by atoms with E-state index >= 15 is 0 Å². The van der Waals surface area contributed by atoms with Crippen LogP contribution in [0.2, 0.25) is 0 Å². The van der Waals surface area contributed by atoms with Crippen LogP contribution in [-0.2, 0) is 21.8 Å². The van der Waals surface area contributed by atoms with Crippen LogP contribution >= 0.6 is 23.4 Å². The van der Waals surface area contributed by atoms with Gasteiger partial charge in [-0.05, 0) is 59.9 Å². The molecule has 0 heterocycles. The smallest absolute Gasteiger partial charge is 0.245 e. The number of nitrogens with zero attached hydrogens (tertiary/aromatic N) is 1. The molecule has 8 heteroatoms. The van der Waals surface area contributed by atoms with Crippen LogP contribution < -0.4 is 19.7 Å². The van der Waals surface area contributed by atoms with Gasteiger partial charge in [-0.15, -0.1) is 23.4 Å². The number of para-hydroxylation sites is 1. The lowest BCUT2D eigenvalue weighted by Crippen LogP contribution is -2.57. The number of nitrogens with one attached hydrogen (secondary N) is 1. The summed E-state index contributed by atoms with van der Waals surface area (Å²) in [4.78, 5) is 29.9. The summed E-state index contributed by atoms with van der Waals surface area (Å²) in [5, 5.41) is 2.78. The van der Waals surface area contributed by atoms with Gasteiger partial charge in [0.05, 0.1) is 14.2 Å². The molecule has 0 fully saturated rings. The molecular formula is C32H39ClN2O4S. The summed E-state index contributed by atoms with van der Waals surface area (Å²) >= 11 is 8.25. The zero-order chi connectivity index (χ0) is 29.1. The van der Waals surface area contributed by atoms with E-state index in [1.807, 2.05) is 78.9 Å². The number of methoxy groups -OCH3 is 2. The van der Waals surface area contributed by atoms with Gasteiger partial charge < -0.3 is 14.8 Å². The summed E-state index contributed by atoms with van der Waals surface area (Å²) in [6.45, 7) is 4.17. The van der Waals surface area contributed by atoms with Crippen molar-refractivity contribution in [2.24, 2.45) is 5.92 Å². The van der Waals surface area contributed by atoms with Crippen molar-refractivity contribution in [3.8, 4) is 11.5 Å². The second-order valence-corrected chi connectivity index (χ2v) is 11.7. The summed E-state index contributed by atoms with van der Waals surface area (Å²) in [5.41, 5.74) is 2.62. The molecule has 214 valence electrons. The molecule has 1 N–H and O–H groups in total. The average Bonchev–Trinajstić information content (AvgIpc) is 2.99. The molecule has 3 aromatic rings. The van der Waals surface area contributed by atoms with Crippen LogP contribution in [0.4, 0.5) is 5.69 Å². The minimum atomic E-state index is -0.961. The minimum Gasteiger partial charge on any atom is -0.497 e. The molecule has 0 aromatic heterocycles. The highest BCUT2D eigenvalue weighted by Gasteiger charge is 2.45. The largest absolute Gasteiger partial charge is 0.497 e. The predicted molar refractivity (Wildman–Crippen MR) is 166 cm³/mol. The number of carbonyl (C=O) groups is 2. The number of carbonyl (C=O) groups excluding carboxylic acids is 2. The molecule has 0 aliphatic carbocycles. The maximum atomic E-state index is 14.8. The number of thioether (sulfide) groups is 1. The Bertz CT molecular complexity index is 1220. The standard InChI is InChI=1S/C32H39ClN2O4S/c1-23(2)20-32(22-33,40-21-25-13-17-28(39-5)18-14-25)31(37)35(26-9-7-6-8-10-26)29(30(36)34-3)19-24-11-15-27(38-4)16-12-24/h6-18,23,29H,19-22H2,1-5H3,(H,34,36)/t29-,32?/m0/s1. The van der Waals surface area contributed by atoms with E-state index in [1.54, 1.807) is 26.2 Å². The van der Waals surface area contributed by atoms with Gasteiger partial charge in [-0.2, -0.15) is 0 Å². The number of rotatable bonds is 14. The lowest BCUT2D eigenvalue weighted by Gasteiger charge is -2.40. The van der Waals surface area contributed by atoms with Gasteiger partial charge in [0.25, 0.3) is 0 Å². The van der Waals surface area contributed by atoms with E-state index in [1.165, 1.54) is 11.8 Å². The number of hydrogen-bond acceptors (Lipinski definition) is 5. The average molecular weight is 583 g/mol. The Hall–Kier alpha value is -3.16. The van der Waals surface area contributed by atoms with Crippen LogP contribution in [-0.4, -0.2) is 49.8 Å². The van der Waals surface area contributed by atoms with Gasteiger partial charge in [0, 0.05) is 30.8 Å². The van der Waals surface area contributed by atoms with Gasteiger partial charge in [0.2, 0.25) is 11.8 Å². The fourth-order valence-corrected chi connectivity index (χ4v) is 6.50. The summed E-state index contributed by atoms with van der Waals surface area (Å²) < 4.78 is 9.64. The fourth-order valence-electron chi connectivity index (χ4n) is 4.66. The van der Waals surface area contributed by atoms with Crippen LogP contribution in [0.5, 0.6) is 11.5 Å². The Morgan fingerprint density at radius 3 is 1.93 bits per heavy atom.